The Morgan fingerprint density at radius 1 is 1.35 bits per heavy atom. The van der Waals surface area contributed by atoms with Crippen LogP contribution in [-0.2, 0) is 13.0 Å². The Bertz CT molecular complexity index is 562. The molecular weight excluding hydrogens is 254 g/mol. The third-order valence-electron chi connectivity index (χ3n) is 3.56. The fourth-order valence-electron chi connectivity index (χ4n) is 2.42. The zero-order valence-electron chi connectivity index (χ0n) is 11.7. The second kappa shape index (κ2) is 6.11. The van der Waals surface area contributed by atoms with Gasteiger partial charge < -0.3 is 9.84 Å². The zero-order valence-corrected chi connectivity index (χ0v) is 11.7. The van der Waals surface area contributed by atoms with E-state index in [2.05, 4.69) is 32.3 Å². The van der Waals surface area contributed by atoms with Gasteiger partial charge in [0.05, 0.1) is 6.54 Å². The molecule has 0 spiro atoms. The molecule has 0 saturated carbocycles. The van der Waals surface area contributed by atoms with Gasteiger partial charge in [-0.2, -0.15) is 4.98 Å². The van der Waals surface area contributed by atoms with Crippen LogP contribution in [0.5, 0.6) is 0 Å². The van der Waals surface area contributed by atoms with Crippen molar-refractivity contribution in [3.63, 3.8) is 0 Å². The van der Waals surface area contributed by atoms with E-state index in [-0.39, 0.29) is 0 Å². The van der Waals surface area contributed by atoms with Gasteiger partial charge in [0, 0.05) is 44.1 Å². The number of aromatic nitrogens is 3. The monoisotopic (exact) mass is 273 g/mol. The summed E-state index contributed by atoms with van der Waals surface area (Å²) in [5.41, 5.74) is 2.15. The molecule has 6 nitrogen and oxygen atoms in total. The molecule has 6 heteroatoms. The number of hydrogen-bond donors (Lipinski definition) is 1. The van der Waals surface area contributed by atoms with Crippen LogP contribution in [0.3, 0.4) is 0 Å². The number of aryl methyl sites for hydroxylation is 1. The van der Waals surface area contributed by atoms with Gasteiger partial charge in [0.25, 0.3) is 0 Å². The third kappa shape index (κ3) is 2.86. The van der Waals surface area contributed by atoms with Crippen molar-refractivity contribution in [2.45, 2.75) is 19.9 Å². The van der Waals surface area contributed by atoms with E-state index in [0.29, 0.717) is 11.7 Å². The molecule has 106 valence electrons. The van der Waals surface area contributed by atoms with Crippen LogP contribution in [0.2, 0.25) is 0 Å². The second-order valence-electron chi connectivity index (χ2n) is 4.92. The third-order valence-corrected chi connectivity index (χ3v) is 3.56. The molecule has 0 aromatic carbocycles. The number of hydrogen-bond acceptors (Lipinski definition) is 6. The maximum atomic E-state index is 5.38. The lowest BCUT2D eigenvalue weighted by Gasteiger charge is -2.25. The first-order valence-corrected chi connectivity index (χ1v) is 7.05. The van der Waals surface area contributed by atoms with E-state index in [0.717, 1.165) is 50.3 Å². The van der Waals surface area contributed by atoms with Crippen molar-refractivity contribution in [1.82, 2.24) is 25.3 Å². The second-order valence-corrected chi connectivity index (χ2v) is 4.92. The van der Waals surface area contributed by atoms with Crippen LogP contribution in [0.1, 0.15) is 18.4 Å². The quantitative estimate of drug-likeness (QED) is 0.899. The van der Waals surface area contributed by atoms with Crippen LogP contribution in [0, 0.1) is 0 Å². The summed E-state index contributed by atoms with van der Waals surface area (Å²) in [7, 11) is 0. The van der Waals surface area contributed by atoms with Gasteiger partial charge in [-0.25, -0.2) is 0 Å². The minimum absolute atomic E-state index is 0.661. The molecule has 1 saturated heterocycles. The standard InChI is InChI=1S/C14H19N5O/c1-2-11-9-16-4-3-12(11)14-17-13(20-18-14)10-19-7-5-15-6-8-19/h3-4,9,15H,2,5-8,10H2,1H3. The molecule has 0 atom stereocenters. The van der Waals surface area contributed by atoms with Gasteiger partial charge in [0.1, 0.15) is 0 Å². The van der Waals surface area contributed by atoms with E-state index in [1.54, 1.807) is 6.20 Å². The molecule has 2 aromatic heterocycles. The van der Waals surface area contributed by atoms with Crippen LogP contribution in [-0.4, -0.2) is 46.2 Å². The molecule has 1 N–H and O–H groups in total. The van der Waals surface area contributed by atoms with Crippen LogP contribution in [0.15, 0.2) is 23.0 Å². The number of piperazine rings is 1. The highest BCUT2D eigenvalue weighted by Crippen LogP contribution is 2.20. The topological polar surface area (TPSA) is 67.1 Å². The molecule has 0 unspecified atom stereocenters. The fourth-order valence-corrected chi connectivity index (χ4v) is 2.42. The highest BCUT2D eigenvalue weighted by molar-refractivity contribution is 5.58. The first kappa shape index (κ1) is 13.2. The SMILES string of the molecule is CCc1cnccc1-c1noc(CN2CCNCC2)n1. The number of nitrogens with one attached hydrogen (secondary N) is 1. The lowest BCUT2D eigenvalue weighted by atomic mass is 10.1. The van der Waals surface area contributed by atoms with Gasteiger partial charge in [0.15, 0.2) is 0 Å². The van der Waals surface area contributed by atoms with E-state index in [1.807, 2.05) is 12.3 Å². The van der Waals surface area contributed by atoms with Crippen LogP contribution in [0.25, 0.3) is 11.4 Å². The highest BCUT2D eigenvalue weighted by Gasteiger charge is 2.16. The summed E-state index contributed by atoms with van der Waals surface area (Å²) >= 11 is 0. The van der Waals surface area contributed by atoms with Gasteiger partial charge in [-0.1, -0.05) is 12.1 Å². The lowest BCUT2D eigenvalue weighted by Crippen LogP contribution is -2.42. The molecule has 1 aliphatic heterocycles. The molecule has 20 heavy (non-hydrogen) atoms. The van der Waals surface area contributed by atoms with Crippen LogP contribution < -0.4 is 5.32 Å². The van der Waals surface area contributed by atoms with Crippen molar-refractivity contribution in [1.29, 1.82) is 0 Å². The molecule has 0 bridgehead atoms. The Kier molecular flexibility index (Phi) is 4.03. The van der Waals surface area contributed by atoms with Crippen molar-refractivity contribution in [3.05, 3.63) is 29.9 Å². The van der Waals surface area contributed by atoms with E-state index in [9.17, 15) is 0 Å². The van der Waals surface area contributed by atoms with E-state index >= 15 is 0 Å². The van der Waals surface area contributed by atoms with Gasteiger partial charge in [-0.15, -0.1) is 0 Å². The Morgan fingerprint density at radius 2 is 2.20 bits per heavy atom. The smallest absolute Gasteiger partial charge is 0.241 e. The number of rotatable bonds is 4. The van der Waals surface area contributed by atoms with Crippen molar-refractivity contribution in [2.24, 2.45) is 0 Å². The first-order chi connectivity index (χ1) is 9.86. The number of nitrogens with zero attached hydrogens (tertiary/aromatic N) is 4. The summed E-state index contributed by atoms with van der Waals surface area (Å²) < 4.78 is 5.38. The molecule has 1 fully saturated rings. The summed E-state index contributed by atoms with van der Waals surface area (Å²) in [6.45, 7) is 6.90. The molecule has 0 radical (unpaired) electrons. The first-order valence-electron chi connectivity index (χ1n) is 7.05. The average Bonchev–Trinajstić information content (AvgIpc) is 2.96. The van der Waals surface area contributed by atoms with Gasteiger partial charge in [-0.05, 0) is 18.1 Å². The van der Waals surface area contributed by atoms with Crippen molar-refractivity contribution < 1.29 is 4.52 Å². The predicted molar refractivity (Wildman–Crippen MR) is 75.1 cm³/mol. The molecular formula is C14H19N5O. The summed E-state index contributed by atoms with van der Waals surface area (Å²) in [6.07, 6.45) is 4.54. The normalized spacial score (nSPS) is 16.4. The molecule has 0 aliphatic carbocycles. The Labute approximate surface area is 118 Å². The zero-order chi connectivity index (χ0) is 13.8. The summed E-state index contributed by atoms with van der Waals surface area (Å²) in [6, 6.07) is 1.94. The molecule has 1 aliphatic rings. The van der Waals surface area contributed by atoms with Crippen LogP contribution in [0.4, 0.5) is 0 Å². The van der Waals surface area contributed by atoms with Gasteiger partial charge >= 0.3 is 0 Å². The van der Waals surface area contributed by atoms with E-state index in [1.165, 1.54) is 0 Å². The Hall–Kier alpha value is -1.79. The van der Waals surface area contributed by atoms with E-state index in [4.69, 9.17) is 4.52 Å². The van der Waals surface area contributed by atoms with E-state index < -0.39 is 0 Å². The van der Waals surface area contributed by atoms with Crippen molar-refractivity contribution >= 4 is 0 Å². The number of pyridine rings is 1. The van der Waals surface area contributed by atoms with Gasteiger partial charge in [0.2, 0.25) is 11.7 Å². The largest absolute Gasteiger partial charge is 0.338 e. The predicted octanol–water partition coefficient (Wildman–Crippen LogP) is 1.10. The Balaban J connectivity index is 1.75. The maximum absolute atomic E-state index is 5.38. The summed E-state index contributed by atoms with van der Waals surface area (Å²) in [5.74, 6) is 1.34. The van der Waals surface area contributed by atoms with Crippen LogP contribution >= 0.6 is 0 Å². The lowest BCUT2D eigenvalue weighted by molar-refractivity contribution is 0.203. The molecule has 2 aromatic rings. The average molecular weight is 273 g/mol. The maximum Gasteiger partial charge on any atom is 0.241 e. The minimum atomic E-state index is 0.661. The van der Waals surface area contributed by atoms with Crippen molar-refractivity contribution in [3.8, 4) is 11.4 Å². The Morgan fingerprint density at radius 3 is 3.00 bits per heavy atom. The van der Waals surface area contributed by atoms with Crippen molar-refractivity contribution in [2.75, 3.05) is 26.2 Å². The molecule has 3 heterocycles. The minimum Gasteiger partial charge on any atom is -0.338 e. The fraction of sp³-hybridized carbons (Fsp3) is 0.500. The molecule has 0 amide bonds. The summed E-state index contributed by atoms with van der Waals surface area (Å²) in [4.78, 5) is 11.0. The highest BCUT2D eigenvalue weighted by atomic mass is 16.5. The summed E-state index contributed by atoms with van der Waals surface area (Å²) in [5, 5.41) is 7.44. The van der Waals surface area contributed by atoms with Gasteiger partial charge in [-0.3, -0.25) is 9.88 Å². The molecule has 3 rings (SSSR count).